The Morgan fingerprint density at radius 1 is 1.15 bits per heavy atom. The molecule has 1 heterocycles. The van der Waals surface area contributed by atoms with Gasteiger partial charge < -0.3 is 15.3 Å². The van der Waals surface area contributed by atoms with Crippen molar-refractivity contribution in [1.82, 2.24) is 10.2 Å². The summed E-state index contributed by atoms with van der Waals surface area (Å²) in [5, 5.41) is 12.3. The van der Waals surface area contributed by atoms with Gasteiger partial charge in [-0.1, -0.05) is 12.1 Å². The first-order chi connectivity index (χ1) is 9.74. The number of hydrogen-bond acceptors (Lipinski definition) is 4. The van der Waals surface area contributed by atoms with E-state index in [2.05, 4.69) is 46.3 Å². The minimum absolute atomic E-state index is 0.261. The van der Waals surface area contributed by atoms with Gasteiger partial charge in [-0.15, -0.1) is 0 Å². The van der Waals surface area contributed by atoms with Crippen molar-refractivity contribution in [2.24, 2.45) is 0 Å². The molecule has 1 aromatic carbocycles. The molecule has 0 saturated carbocycles. The Balaban J connectivity index is 1.97. The normalized spacial score (nSPS) is 18.9. The van der Waals surface area contributed by atoms with Crippen molar-refractivity contribution in [3.05, 3.63) is 29.8 Å². The standard InChI is InChI=1S/C16H27N3O/c1-14(17-2)15-4-6-16(7-5-15)19-9-3-8-18(10-11-19)12-13-20/h4-7,14,17,20H,3,8-13H2,1-2H3. The van der Waals surface area contributed by atoms with Crippen LogP contribution < -0.4 is 10.2 Å². The van der Waals surface area contributed by atoms with E-state index in [0.29, 0.717) is 6.04 Å². The Bertz CT molecular complexity index is 393. The van der Waals surface area contributed by atoms with Gasteiger partial charge in [-0.3, -0.25) is 4.90 Å². The van der Waals surface area contributed by atoms with Gasteiger partial charge >= 0.3 is 0 Å². The van der Waals surface area contributed by atoms with Crippen molar-refractivity contribution < 1.29 is 5.11 Å². The summed E-state index contributed by atoms with van der Waals surface area (Å²) in [7, 11) is 1.99. The molecule has 4 nitrogen and oxygen atoms in total. The Morgan fingerprint density at radius 2 is 1.90 bits per heavy atom. The fourth-order valence-corrected chi connectivity index (χ4v) is 2.73. The molecular formula is C16H27N3O. The van der Waals surface area contributed by atoms with Crippen molar-refractivity contribution in [2.75, 3.05) is 51.3 Å². The first kappa shape index (κ1) is 15.3. The quantitative estimate of drug-likeness (QED) is 0.855. The largest absolute Gasteiger partial charge is 0.395 e. The summed E-state index contributed by atoms with van der Waals surface area (Å²) in [6, 6.07) is 9.28. The monoisotopic (exact) mass is 277 g/mol. The van der Waals surface area contributed by atoms with Crippen LogP contribution in [0.3, 0.4) is 0 Å². The zero-order valence-electron chi connectivity index (χ0n) is 12.7. The Labute approximate surface area is 122 Å². The summed E-state index contributed by atoms with van der Waals surface area (Å²) >= 11 is 0. The molecule has 1 aliphatic heterocycles. The molecule has 1 aromatic rings. The van der Waals surface area contributed by atoms with Gasteiger partial charge in [0.25, 0.3) is 0 Å². The van der Waals surface area contributed by atoms with Crippen LogP contribution in [0.25, 0.3) is 0 Å². The van der Waals surface area contributed by atoms with Gasteiger partial charge in [0.05, 0.1) is 6.61 Å². The van der Waals surface area contributed by atoms with Crippen molar-refractivity contribution >= 4 is 5.69 Å². The first-order valence-electron chi connectivity index (χ1n) is 7.60. The number of aliphatic hydroxyl groups is 1. The van der Waals surface area contributed by atoms with Crippen molar-refractivity contribution in [3.63, 3.8) is 0 Å². The summed E-state index contributed by atoms with van der Waals surface area (Å²) in [4.78, 5) is 4.79. The Hall–Kier alpha value is -1.10. The predicted molar refractivity (Wildman–Crippen MR) is 84.3 cm³/mol. The number of benzene rings is 1. The second-order valence-electron chi connectivity index (χ2n) is 5.51. The second-order valence-corrected chi connectivity index (χ2v) is 5.51. The van der Waals surface area contributed by atoms with E-state index in [1.54, 1.807) is 0 Å². The molecule has 2 N–H and O–H groups in total. The number of β-amino-alcohol motifs (C(OH)–C–C–N with tert-alkyl or cyclic N) is 1. The zero-order chi connectivity index (χ0) is 14.4. The molecule has 0 bridgehead atoms. The molecule has 0 radical (unpaired) electrons. The van der Waals surface area contributed by atoms with Gasteiger partial charge in [0.2, 0.25) is 0 Å². The van der Waals surface area contributed by atoms with Gasteiger partial charge in [0, 0.05) is 37.9 Å². The summed E-state index contributed by atoms with van der Waals surface area (Å²) in [6.45, 7) is 7.50. The molecule has 112 valence electrons. The smallest absolute Gasteiger partial charge is 0.0558 e. The lowest BCUT2D eigenvalue weighted by Crippen LogP contribution is -2.32. The molecule has 0 aromatic heterocycles. The van der Waals surface area contributed by atoms with E-state index >= 15 is 0 Å². The molecule has 1 unspecified atom stereocenters. The molecule has 1 fully saturated rings. The van der Waals surface area contributed by atoms with Crippen LogP contribution in [0.1, 0.15) is 24.9 Å². The molecular weight excluding hydrogens is 250 g/mol. The highest BCUT2D eigenvalue weighted by Gasteiger charge is 2.14. The summed E-state index contributed by atoms with van der Waals surface area (Å²) in [6.07, 6.45) is 1.16. The lowest BCUT2D eigenvalue weighted by atomic mass is 10.1. The fraction of sp³-hybridized carbons (Fsp3) is 0.625. The third-order valence-corrected chi connectivity index (χ3v) is 4.20. The highest BCUT2D eigenvalue weighted by Crippen LogP contribution is 2.20. The fourth-order valence-electron chi connectivity index (χ4n) is 2.73. The summed E-state index contributed by atoms with van der Waals surface area (Å²) in [5.74, 6) is 0. The minimum atomic E-state index is 0.261. The maximum atomic E-state index is 9.04. The maximum Gasteiger partial charge on any atom is 0.0558 e. The molecule has 1 atom stereocenters. The van der Waals surface area contributed by atoms with Gasteiger partial charge in [-0.2, -0.15) is 0 Å². The van der Waals surface area contributed by atoms with E-state index < -0.39 is 0 Å². The molecule has 2 rings (SSSR count). The van der Waals surface area contributed by atoms with Crippen LogP contribution in [0, 0.1) is 0 Å². The van der Waals surface area contributed by atoms with Crippen LogP contribution in [0.5, 0.6) is 0 Å². The molecule has 1 aliphatic rings. The van der Waals surface area contributed by atoms with E-state index in [1.807, 2.05) is 7.05 Å². The second kappa shape index (κ2) is 7.62. The number of anilines is 1. The van der Waals surface area contributed by atoms with Gasteiger partial charge in [0.15, 0.2) is 0 Å². The van der Waals surface area contributed by atoms with E-state index in [1.165, 1.54) is 11.3 Å². The van der Waals surface area contributed by atoms with Crippen LogP contribution in [0.4, 0.5) is 5.69 Å². The lowest BCUT2D eigenvalue weighted by molar-refractivity contribution is 0.204. The first-order valence-corrected chi connectivity index (χ1v) is 7.60. The van der Waals surface area contributed by atoms with Crippen LogP contribution in [0.2, 0.25) is 0 Å². The third kappa shape index (κ3) is 3.95. The van der Waals surface area contributed by atoms with Crippen molar-refractivity contribution in [2.45, 2.75) is 19.4 Å². The maximum absolute atomic E-state index is 9.04. The van der Waals surface area contributed by atoms with Crippen molar-refractivity contribution in [3.8, 4) is 0 Å². The lowest BCUT2D eigenvalue weighted by Gasteiger charge is -2.24. The van der Waals surface area contributed by atoms with Crippen LogP contribution in [0.15, 0.2) is 24.3 Å². The van der Waals surface area contributed by atoms with E-state index in [0.717, 1.165) is 39.1 Å². The number of nitrogens with zero attached hydrogens (tertiary/aromatic N) is 2. The minimum Gasteiger partial charge on any atom is -0.395 e. The topological polar surface area (TPSA) is 38.7 Å². The van der Waals surface area contributed by atoms with Crippen LogP contribution in [-0.4, -0.2) is 56.4 Å². The molecule has 20 heavy (non-hydrogen) atoms. The number of aliphatic hydroxyl groups excluding tert-OH is 1. The van der Waals surface area contributed by atoms with Gasteiger partial charge in [0.1, 0.15) is 0 Å². The summed E-state index contributed by atoms with van der Waals surface area (Å²) < 4.78 is 0. The van der Waals surface area contributed by atoms with E-state index in [-0.39, 0.29) is 6.61 Å². The Morgan fingerprint density at radius 3 is 2.55 bits per heavy atom. The predicted octanol–water partition coefficient (Wildman–Crippen LogP) is 1.47. The highest BCUT2D eigenvalue weighted by atomic mass is 16.3. The van der Waals surface area contributed by atoms with Gasteiger partial charge in [-0.25, -0.2) is 0 Å². The number of nitrogens with one attached hydrogen (secondary N) is 1. The average molecular weight is 277 g/mol. The average Bonchev–Trinajstić information content (AvgIpc) is 2.73. The van der Waals surface area contributed by atoms with E-state index in [4.69, 9.17) is 5.11 Å². The number of hydrogen-bond donors (Lipinski definition) is 2. The molecule has 0 amide bonds. The van der Waals surface area contributed by atoms with Crippen LogP contribution in [-0.2, 0) is 0 Å². The highest BCUT2D eigenvalue weighted by molar-refractivity contribution is 5.48. The van der Waals surface area contributed by atoms with Crippen LogP contribution >= 0.6 is 0 Å². The summed E-state index contributed by atoms with van der Waals surface area (Å²) in [5.41, 5.74) is 2.64. The molecule has 0 aliphatic carbocycles. The molecule has 0 spiro atoms. The van der Waals surface area contributed by atoms with Crippen molar-refractivity contribution in [1.29, 1.82) is 0 Å². The third-order valence-electron chi connectivity index (χ3n) is 4.20. The SMILES string of the molecule is CNC(C)c1ccc(N2CCCN(CCO)CC2)cc1. The van der Waals surface area contributed by atoms with Gasteiger partial charge in [-0.05, 0) is 44.6 Å². The zero-order valence-corrected chi connectivity index (χ0v) is 12.7. The van der Waals surface area contributed by atoms with E-state index in [9.17, 15) is 0 Å². The Kier molecular flexibility index (Phi) is 5.83. The molecule has 4 heteroatoms. The number of rotatable bonds is 5. The molecule has 1 saturated heterocycles.